The highest BCUT2D eigenvalue weighted by atomic mass is 16.6. The van der Waals surface area contributed by atoms with Crippen molar-refractivity contribution in [2.24, 2.45) is 11.8 Å². The zero-order valence-corrected chi connectivity index (χ0v) is 27.2. The van der Waals surface area contributed by atoms with Crippen LogP contribution in [0.1, 0.15) is 49.8 Å². The van der Waals surface area contributed by atoms with Gasteiger partial charge in [-0.05, 0) is 37.3 Å². The predicted octanol–water partition coefficient (Wildman–Crippen LogP) is 3.67. The number of esters is 1. The first-order valence-corrected chi connectivity index (χ1v) is 16.3. The number of carbonyl (C=O) groups excluding carboxylic acids is 4. The molecule has 0 saturated carbocycles. The Morgan fingerprint density at radius 1 is 1.11 bits per heavy atom. The number of aliphatic hydroxyl groups excluding tert-OH is 1. The topological polar surface area (TPSA) is 117 Å². The average molecular weight is 644 g/mol. The first-order valence-electron chi connectivity index (χ1n) is 16.3. The van der Waals surface area contributed by atoms with Crippen LogP contribution in [0.25, 0.3) is 0 Å². The Bertz CT molecular complexity index is 1470. The molecule has 5 rings (SSSR count). The Hall–Kier alpha value is -4.28. The number of aliphatic hydroxyl groups is 1. The van der Waals surface area contributed by atoms with E-state index in [0.717, 1.165) is 5.56 Å². The van der Waals surface area contributed by atoms with Crippen LogP contribution in [0.15, 0.2) is 86.0 Å². The molecule has 3 fully saturated rings. The molecule has 1 spiro atoms. The normalized spacial score (nSPS) is 25.5. The Morgan fingerprint density at radius 2 is 1.79 bits per heavy atom. The molecular weight excluding hydrogens is 598 g/mol. The number of ether oxygens (including phenoxy) is 2. The van der Waals surface area contributed by atoms with Crippen molar-refractivity contribution in [3.63, 3.8) is 0 Å². The highest BCUT2D eigenvalue weighted by Gasteiger charge is 2.75. The van der Waals surface area contributed by atoms with Gasteiger partial charge in [0.05, 0.1) is 30.6 Å². The fraction of sp³-hybridized carbons (Fsp3) is 0.459. The van der Waals surface area contributed by atoms with E-state index in [0.29, 0.717) is 31.4 Å². The number of β-amino-alcohol motifs (C(OH)–C–C–N with tert-alkyl or cyclic N) is 1. The van der Waals surface area contributed by atoms with Crippen molar-refractivity contribution in [2.75, 3.05) is 26.7 Å². The molecule has 250 valence electrons. The molecule has 3 aliphatic rings. The lowest BCUT2D eigenvalue weighted by Crippen LogP contribution is -2.56. The molecule has 3 aliphatic heterocycles. The number of nitrogens with zero attached hydrogens (tertiary/aromatic N) is 3. The van der Waals surface area contributed by atoms with Crippen molar-refractivity contribution >= 4 is 23.7 Å². The minimum Gasteiger partial charge on any atom is -0.455 e. The fourth-order valence-corrected chi connectivity index (χ4v) is 7.54. The van der Waals surface area contributed by atoms with Crippen LogP contribution in [-0.4, -0.2) is 94.0 Å². The lowest BCUT2D eigenvalue weighted by Gasteiger charge is -2.36. The van der Waals surface area contributed by atoms with Crippen molar-refractivity contribution in [3.8, 4) is 0 Å². The van der Waals surface area contributed by atoms with E-state index in [4.69, 9.17) is 9.47 Å². The van der Waals surface area contributed by atoms with E-state index < -0.39 is 53.6 Å². The van der Waals surface area contributed by atoms with Crippen LogP contribution >= 0.6 is 0 Å². The maximum absolute atomic E-state index is 14.4. The van der Waals surface area contributed by atoms with Crippen LogP contribution in [0.4, 0.5) is 0 Å². The Labute approximate surface area is 276 Å². The summed E-state index contributed by atoms with van der Waals surface area (Å²) >= 11 is 0. The van der Waals surface area contributed by atoms with Gasteiger partial charge in [0.2, 0.25) is 17.7 Å². The van der Waals surface area contributed by atoms with Crippen molar-refractivity contribution < 1.29 is 33.8 Å². The summed E-state index contributed by atoms with van der Waals surface area (Å²) in [5.41, 5.74) is 0.394. The van der Waals surface area contributed by atoms with E-state index >= 15 is 0 Å². The Morgan fingerprint density at radius 3 is 2.43 bits per heavy atom. The molecule has 3 saturated heterocycles. The van der Waals surface area contributed by atoms with Gasteiger partial charge >= 0.3 is 5.97 Å². The molecular formula is C37H45N3O7. The predicted molar refractivity (Wildman–Crippen MR) is 175 cm³/mol. The van der Waals surface area contributed by atoms with Gasteiger partial charge in [0.1, 0.15) is 17.7 Å². The van der Waals surface area contributed by atoms with Crippen molar-refractivity contribution in [1.29, 1.82) is 0 Å². The molecule has 47 heavy (non-hydrogen) atoms. The highest BCUT2D eigenvalue weighted by Crippen LogP contribution is 2.59. The van der Waals surface area contributed by atoms with Crippen molar-refractivity contribution in [1.82, 2.24) is 14.7 Å². The Kier molecular flexibility index (Phi) is 10.6. The summed E-state index contributed by atoms with van der Waals surface area (Å²) in [6, 6.07) is 17.2. The summed E-state index contributed by atoms with van der Waals surface area (Å²) in [6.45, 7) is 9.49. The van der Waals surface area contributed by atoms with Gasteiger partial charge in [-0.25, -0.2) is 0 Å². The third-order valence-electron chi connectivity index (χ3n) is 9.90. The number of carbonyl (C=O) groups is 4. The third kappa shape index (κ3) is 6.49. The highest BCUT2D eigenvalue weighted by molar-refractivity contribution is 5.98. The number of allylic oxidation sites excluding steroid dienone is 1. The molecule has 0 aromatic heterocycles. The second-order valence-corrected chi connectivity index (χ2v) is 12.6. The number of amides is 3. The van der Waals surface area contributed by atoms with Crippen LogP contribution in [0, 0.1) is 11.8 Å². The average Bonchev–Trinajstić information content (AvgIpc) is 3.73. The molecule has 3 heterocycles. The number of hydrogen-bond acceptors (Lipinski definition) is 7. The molecule has 10 nitrogen and oxygen atoms in total. The molecule has 1 N–H and O–H groups in total. The third-order valence-corrected chi connectivity index (χ3v) is 9.90. The molecule has 2 bridgehead atoms. The van der Waals surface area contributed by atoms with E-state index in [9.17, 15) is 24.3 Å². The summed E-state index contributed by atoms with van der Waals surface area (Å²) < 4.78 is 12.8. The SMILES string of the molecule is C=CCCC(=O)N(C)[C@@H](C)[C@@H](OC(=O)[C@@H]1[C@H]2C(=O)N(CCO)[C@H](C(=O)N(CC=C)Cc3ccccc3)[C@]23CC[C@H]1O3)c1ccccc1. The van der Waals surface area contributed by atoms with Gasteiger partial charge in [-0.3, -0.25) is 19.2 Å². The largest absolute Gasteiger partial charge is 0.455 e. The van der Waals surface area contributed by atoms with Gasteiger partial charge < -0.3 is 29.3 Å². The maximum atomic E-state index is 14.4. The summed E-state index contributed by atoms with van der Waals surface area (Å²) in [7, 11) is 1.68. The van der Waals surface area contributed by atoms with E-state index in [1.54, 1.807) is 29.0 Å². The summed E-state index contributed by atoms with van der Waals surface area (Å²) in [5, 5.41) is 9.98. The lowest BCUT2D eigenvalue weighted by molar-refractivity contribution is -0.164. The summed E-state index contributed by atoms with van der Waals surface area (Å²) in [4.78, 5) is 60.4. The zero-order chi connectivity index (χ0) is 33.7. The monoisotopic (exact) mass is 643 g/mol. The molecule has 0 unspecified atom stereocenters. The smallest absolute Gasteiger partial charge is 0.313 e. The van der Waals surface area contributed by atoms with Crippen molar-refractivity contribution in [3.05, 3.63) is 97.1 Å². The second-order valence-electron chi connectivity index (χ2n) is 12.6. The summed E-state index contributed by atoms with van der Waals surface area (Å²) in [5.74, 6) is -3.33. The maximum Gasteiger partial charge on any atom is 0.313 e. The first-order chi connectivity index (χ1) is 22.7. The van der Waals surface area contributed by atoms with Crippen LogP contribution < -0.4 is 0 Å². The number of fused-ring (bicyclic) bond motifs is 1. The van der Waals surface area contributed by atoms with Crippen LogP contribution in [-0.2, 0) is 35.2 Å². The molecule has 10 heteroatoms. The zero-order valence-electron chi connectivity index (χ0n) is 27.2. The quantitative estimate of drug-likeness (QED) is 0.233. The molecule has 2 aromatic rings. The molecule has 7 atom stereocenters. The van der Waals surface area contributed by atoms with E-state index in [2.05, 4.69) is 13.2 Å². The number of likely N-dealkylation sites (tertiary alicyclic amines) is 1. The van der Waals surface area contributed by atoms with E-state index in [-0.39, 0.29) is 37.9 Å². The lowest BCUT2D eigenvalue weighted by atomic mass is 9.70. The van der Waals surface area contributed by atoms with Gasteiger partial charge in [-0.1, -0.05) is 72.8 Å². The number of hydrogen-bond donors (Lipinski definition) is 1. The van der Waals surface area contributed by atoms with E-state index in [1.165, 1.54) is 4.90 Å². The molecule has 0 radical (unpaired) electrons. The molecule has 2 aromatic carbocycles. The fourth-order valence-electron chi connectivity index (χ4n) is 7.54. The van der Waals surface area contributed by atoms with Gasteiger partial charge in [-0.15, -0.1) is 13.2 Å². The van der Waals surface area contributed by atoms with Gasteiger partial charge in [-0.2, -0.15) is 0 Å². The first kappa shape index (κ1) is 34.1. The summed E-state index contributed by atoms with van der Waals surface area (Å²) in [6.07, 6.45) is 3.61. The second kappa shape index (κ2) is 14.6. The van der Waals surface area contributed by atoms with E-state index in [1.807, 2.05) is 67.6 Å². The van der Waals surface area contributed by atoms with Crippen LogP contribution in [0.3, 0.4) is 0 Å². The van der Waals surface area contributed by atoms with Gasteiger partial charge in [0, 0.05) is 33.1 Å². The Balaban J connectivity index is 1.44. The molecule has 3 amide bonds. The number of likely N-dealkylation sites (N-methyl/N-ethyl adjacent to an activating group) is 1. The van der Waals surface area contributed by atoms with Gasteiger partial charge in [0.25, 0.3) is 0 Å². The minimum atomic E-state index is -1.24. The number of benzene rings is 2. The van der Waals surface area contributed by atoms with Crippen LogP contribution in [0.2, 0.25) is 0 Å². The van der Waals surface area contributed by atoms with Crippen LogP contribution in [0.5, 0.6) is 0 Å². The van der Waals surface area contributed by atoms with Gasteiger partial charge in [0.15, 0.2) is 0 Å². The molecule has 0 aliphatic carbocycles. The van der Waals surface area contributed by atoms with Crippen molar-refractivity contribution in [2.45, 2.75) is 69.0 Å². The minimum absolute atomic E-state index is 0.0716. The number of rotatable bonds is 15. The standard InChI is InChI=1S/C37H45N3O7/c1-5-7-18-29(42)38(4)25(3)32(27-16-12-9-13-17-27)46-36(45)30-28-19-20-37(47-28)31(30)34(43)40(22-23-41)33(37)35(44)39(21-6-2)24-26-14-10-8-11-15-26/h5-6,8-17,25,28,30-33,41H,1-2,7,18-24H2,3-4H3/t25-,28+,30-,31-,32+,33+,37-/m0/s1.